The zero-order chi connectivity index (χ0) is 22.8. The zero-order valence-electron chi connectivity index (χ0n) is 19.7. The van der Waals surface area contributed by atoms with Crippen LogP contribution in [0.5, 0.6) is 11.5 Å². The van der Waals surface area contributed by atoms with Crippen molar-refractivity contribution >= 4 is 11.6 Å². The first kappa shape index (κ1) is 23.7. The lowest BCUT2D eigenvalue weighted by Gasteiger charge is -2.21. The molecule has 1 fully saturated rings. The predicted octanol–water partition coefficient (Wildman–Crippen LogP) is 3.57. The molecule has 1 saturated heterocycles. The van der Waals surface area contributed by atoms with Gasteiger partial charge >= 0.3 is 0 Å². The molecule has 0 amide bonds. The molecule has 174 valence electrons. The lowest BCUT2D eigenvalue weighted by molar-refractivity contribution is 0.121. The fourth-order valence-electron chi connectivity index (χ4n) is 3.85. The van der Waals surface area contributed by atoms with Crippen molar-refractivity contribution in [2.75, 3.05) is 45.9 Å². The van der Waals surface area contributed by atoms with Gasteiger partial charge in [-0.3, -0.25) is 4.99 Å². The smallest absolute Gasteiger partial charge is 0.191 e. The van der Waals surface area contributed by atoms with Crippen molar-refractivity contribution in [3.63, 3.8) is 0 Å². The number of methoxy groups -OCH3 is 2. The van der Waals surface area contributed by atoms with Gasteiger partial charge in [0.05, 0.1) is 20.8 Å². The normalized spacial score (nSPS) is 16.2. The van der Waals surface area contributed by atoms with E-state index >= 15 is 0 Å². The van der Waals surface area contributed by atoms with Gasteiger partial charge < -0.3 is 29.7 Å². The summed E-state index contributed by atoms with van der Waals surface area (Å²) in [5.74, 6) is 2.41. The molecular weight excluding hydrogens is 404 g/mol. The highest BCUT2D eigenvalue weighted by Crippen LogP contribution is 2.30. The molecule has 3 rings (SSSR count). The largest absolute Gasteiger partial charge is 0.497 e. The van der Waals surface area contributed by atoms with Crippen LogP contribution in [0, 0.1) is 0 Å². The highest BCUT2D eigenvalue weighted by atomic mass is 16.5. The van der Waals surface area contributed by atoms with Gasteiger partial charge in [0.15, 0.2) is 5.96 Å². The standard InChI is InChI=1S/C25H36N4O3/c1-5-12-32-18-20-9-7-6-8-19(20)16-27-25(26-2)28-21-10-11-29(17-21)22-13-23(30-3)15-24(14-22)31-4/h6-9,13-15,21H,5,10-12,16-18H2,1-4H3,(H2,26,27,28). The van der Waals surface area contributed by atoms with Gasteiger partial charge in [-0.2, -0.15) is 0 Å². The van der Waals surface area contributed by atoms with E-state index in [1.54, 1.807) is 14.2 Å². The lowest BCUT2D eigenvalue weighted by atomic mass is 10.1. The van der Waals surface area contributed by atoms with Gasteiger partial charge in [-0.1, -0.05) is 31.2 Å². The molecule has 32 heavy (non-hydrogen) atoms. The minimum atomic E-state index is 0.307. The second kappa shape index (κ2) is 12.2. The zero-order valence-corrected chi connectivity index (χ0v) is 19.7. The van der Waals surface area contributed by atoms with Crippen molar-refractivity contribution < 1.29 is 14.2 Å². The lowest BCUT2D eigenvalue weighted by Crippen LogP contribution is -2.44. The number of nitrogens with zero attached hydrogens (tertiary/aromatic N) is 2. The molecule has 2 N–H and O–H groups in total. The van der Waals surface area contributed by atoms with E-state index in [0.717, 1.165) is 55.7 Å². The quantitative estimate of drug-likeness (QED) is 0.334. The number of anilines is 1. The summed E-state index contributed by atoms with van der Waals surface area (Å²) in [6.45, 7) is 6.09. The van der Waals surface area contributed by atoms with Crippen molar-refractivity contribution in [2.45, 2.75) is 39.0 Å². The number of benzene rings is 2. The molecule has 0 bridgehead atoms. The molecule has 0 aromatic heterocycles. The van der Waals surface area contributed by atoms with Crippen molar-refractivity contribution in [3.05, 3.63) is 53.6 Å². The molecule has 0 spiro atoms. The van der Waals surface area contributed by atoms with E-state index < -0.39 is 0 Å². The summed E-state index contributed by atoms with van der Waals surface area (Å²) >= 11 is 0. The van der Waals surface area contributed by atoms with E-state index in [4.69, 9.17) is 14.2 Å². The molecule has 1 aliphatic rings. The summed E-state index contributed by atoms with van der Waals surface area (Å²) in [6.07, 6.45) is 2.06. The van der Waals surface area contributed by atoms with Gasteiger partial charge in [0.1, 0.15) is 11.5 Å². The highest BCUT2D eigenvalue weighted by molar-refractivity contribution is 5.80. The highest BCUT2D eigenvalue weighted by Gasteiger charge is 2.24. The van der Waals surface area contributed by atoms with Crippen molar-refractivity contribution in [1.29, 1.82) is 0 Å². The average molecular weight is 441 g/mol. The van der Waals surface area contributed by atoms with Crippen LogP contribution in [0.4, 0.5) is 5.69 Å². The molecule has 2 aromatic rings. The van der Waals surface area contributed by atoms with Crippen LogP contribution in [0.3, 0.4) is 0 Å². The number of aliphatic imine (C=N–C) groups is 1. The topological polar surface area (TPSA) is 67.4 Å². The SMILES string of the molecule is CCCOCc1ccccc1CNC(=NC)NC1CCN(c2cc(OC)cc(OC)c2)C1. The summed E-state index contributed by atoms with van der Waals surface area (Å²) in [7, 11) is 5.17. The maximum absolute atomic E-state index is 5.74. The summed E-state index contributed by atoms with van der Waals surface area (Å²) in [5, 5.41) is 7.03. The summed E-state index contributed by atoms with van der Waals surface area (Å²) in [6, 6.07) is 14.7. The van der Waals surface area contributed by atoms with Crippen LogP contribution >= 0.6 is 0 Å². The van der Waals surface area contributed by atoms with Gasteiger partial charge in [-0.15, -0.1) is 0 Å². The maximum Gasteiger partial charge on any atom is 0.191 e. The Morgan fingerprint density at radius 2 is 1.81 bits per heavy atom. The van der Waals surface area contributed by atoms with E-state index in [1.165, 1.54) is 11.1 Å². The van der Waals surface area contributed by atoms with Gasteiger partial charge in [-0.05, 0) is 24.0 Å². The Balaban J connectivity index is 1.55. The van der Waals surface area contributed by atoms with E-state index in [9.17, 15) is 0 Å². The number of hydrogen-bond donors (Lipinski definition) is 2. The Kier molecular flexibility index (Phi) is 9.04. The van der Waals surface area contributed by atoms with Gasteiger partial charge in [0.25, 0.3) is 0 Å². The van der Waals surface area contributed by atoms with Gasteiger partial charge in [0, 0.05) is 63.2 Å². The van der Waals surface area contributed by atoms with Crippen LogP contribution < -0.4 is 25.0 Å². The monoisotopic (exact) mass is 440 g/mol. The Labute approximate surface area is 191 Å². The summed E-state index contributed by atoms with van der Waals surface area (Å²) in [4.78, 5) is 6.77. The van der Waals surface area contributed by atoms with Gasteiger partial charge in [-0.25, -0.2) is 0 Å². The van der Waals surface area contributed by atoms with Crippen LogP contribution in [0.25, 0.3) is 0 Å². The minimum absolute atomic E-state index is 0.307. The minimum Gasteiger partial charge on any atom is -0.497 e. The van der Waals surface area contributed by atoms with Crippen LogP contribution in [-0.2, 0) is 17.9 Å². The molecule has 7 nitrogen and oxygen atoms in total. The molecule has 1 unspecified atom stereocenters. The molecule has 0 saturated carbocycles. The molecule has 0 aliphatic carbocycles. The number of hydrogen-bond acceptors (Lipinski definition) is 5. The molecule has 0 radical (unpaired) electrons. The van der Waals surface area contributed by atoms with Gasteiger partial charge in [0.2, 0.25) is 0 Å². The van der Waals surface area contributed by atoms with Crippen LogP contribution in [-0.4, -0.2) is 53.0 Å². The first-order valence-electron chi connectivity index (χ1n) is 11.3. The Bertz CT molecular complexity index is 865. The fraction of sp³-hybridized carbons (Fsp3) is 0.480. The molecule has 1 aliphatic heterocycles. The molecule has 1 heterocycles. The molecular formula is C25H36N4O3. The summed E-state index contributed by atoms with van der Waals surface area (Å²) in [5.41, 5.74) is 3.54. The predicted molar refractivity (Wildman–Crippen MR) is 130 cm³/mol. The molecule has 2 aromatic carbocycles. The average Bonchev–Trinajstić information content (AvgIpc) is 3.30. The van der Waals surface area contributed by atoms with Crippen LogP contribution in [0.15, 0.2) is 47.5 Å². The third-order valence-corrected chi connectivity index (χ3v) is 5.62. The number of ether oxygens (including phenoxy) is 3. The van der Waals surface area contributed by atoms with E-state index in [2.05, 4.69) is 63.8 Å². The van der Waals surface area contributed by atoms with Crippen LogP contribution in [0.1, 0.15) is 30.9 Å². The van der Waals surface area contributed by atoms with E-state index in [0.29, 0.717) is 19.2 Å². The van der Waals surface area contributed by atoms with Crippen molar-refractivity contribution in [2.24, 2.45) is 4.99 Å². The third-order valence-electron chi connectivity index (χ3n) is 5.62. The van der Waals surface area contributed by atoms with E-state index in [1.807, 2.05) is 13.1 Å². The fourth-order valence-corrected chi connectivity index (χ4v) is 3.85. The first-order valence-corrected chi connectivity index (χ1v) is 11.3. The summed E-state index contributed by atoms with van der Waals surface area (Å²) < 4.78 is 16.6. The Hall–Kier alpha value is -2.93. The molecule has 7 heteroatoms. The third kappa shape index (κ3) is 6.53. The van der Waals surface area contributed by atoms with E-state index in [-0.39, 0.29) is 0 Å². The van der Waals surface area contributed by atoms with Crippen LogP contribution in [0.2, 0.25) is 0 Å². The van der Waals surface area contributed by atoms with Crippen molar-refractivity contribution in [1.82, 2.24) is 10.6 Å². The maximum atomic E-state index is 5.74. The second-order valence-electron chi connectivity index (χ2n) is 7.89. The Morgan fingerprint density at radius 1 is 1.09 bits per heavy atom. The Morgan fingerprint density at radius 3 is 2.47 bits per heavy atom. The number of guanidine groups is 1. The number of rotatable bonds is 10. The van der Waals surface area contributed by atoms with Crippen molar-refractivity contribution in [3.8, 4) is 11.5 Å². The number of nitrogens with one attached hydrogen (secondary N) is 2. The second-order valence-corrected chi connectivity index (χ2v) is 7.89. The molecule has 1 atom stereocenters. The first-order chi connectivity index (χ1) is 15.7.